The van der Waals surface area contributed by atoms with Gasteiger partial charge in [0.05, 0.1) is 13.2 Å². The van der Waals surface area contributed by atoms with Gasteiger partial charge in [0.15, 0.2) is 0 Å². The third kappa shape index (κ3) is 5.49. The summed E-state index contributed by atoms with van der Waals surface area (Å²) in [5.41, 5.74) is 0.839. The first-order chi connectivity index (χ1) is 7.62. The van der Waals surface area contributed by atoms with Crippen LogP contribution in [0.5, 0.6) is 0 Å². The van der Waals surface area contributed by atoms with E-state index in [0.717, 1.165) is 0 Å². The molecule has 0 aliphatic rings. The van der Waals surface area contributed by atoms with Crippen LogP contribution < -0.4 is 6.15 Å². The second-order valence-corrected chi connectivity index (χ2v) is 3.11. The third-order valence-electron chi connectivity index (χ3n) is 2.12. The molecule has 0 rings (SSSR count). The molecule has 0 fully saturated rings. The van der Waals surface area contributed by atoms with Gasteiger partial charge in [-0.1, -0.05) is 13.8 Å². The molecular weight excluding hydrogens is 222 g/mol. The Morgan fingerprint density at radius 2 is 1.06 bits per heavy atom. The van der Waals surface area contributed by atoms with Crippen molar-refractivity contribution in [2.75, 3.05) is 13.2 Å². The van der Waals surface area contributed by atoms with Gasteiger partial charge in [-0.3, -0.25) is 0 Å². The van der Waals surface area contributed by atoms with E-state index in [1.807, 2.05) is 13.8 Å². The molecular formula is C12H23NO4. The van der Waals surface area contributed by atoms with Crippen molar-refractivity contribution in [1.82, 2.24) is 6.15 Å². The molecule has 0 amide bonds. The van der Waals surface area contributed by atoms with Crippen LogP contribution in [0.2, 0.25) is 0 Å². The van der Waals surface area contributed by atoms with Crippen LogP contribution in [0.3, 0.4) is 0 Å². The second kappa shape index (κ2) is 9.84. The molecule has 0 aliphatic heterocycles. The Morgan fingerprint density at radius 3 is 1.24 bits per heavy atom. The molecule has 0 atom stereocenters. The quantitative estimate of drug-likeness (QED) is 0.573. The number of carbonyl (C=O) groups is 2. The molecule has 0 bridgehead atoms. The third-order valence-corrected chi connectivity index (χ3v) is 2.12. The Balaban J connectivity index is 0. The van der Waals surface area contributed by atoms with Crippen LogP contribution in [0.1, 0.15) is 40.5 Å². The van der Waals surface area contributed by atoms with Crippen molar-refractivity contribution in [2.45, 2.75) is 40.5 Å². The molecule has 0 saturated carbocycles. The molecule has 5 heteroatoms. The summed E-state index contributed by atoms with van der Waals surface area (Å²) < 4.78 is 9.80. The van der Waals surface area contributed by atoms with Crippen molar-refractivity contribution in [2.24, 2.45) is 0 Å². The molecule has 0 radical (unpaired) electrons. The highest BCUT2D eigenvalue weighted by molar-refractivity contribution is 6.00. The average Bonchev–Trinajstić information content (AvgIpc) is 2.25. The normalized spacial score (nSPS) is 11.1. The van der Waals surface area contributed by atoms with Crippen LogP contribution >= 0.6 is 0 Å². The van der Waals surface area contributed by atoms with Crippen LogP contribution in [0.25, 0.3) is 0 Å². The van der Waals surface area contributed by atoms with Gasteiger partial charge in [-0.25, -0.2) is 9.59 Å². The summed E-state index contributed by atoms with van der Waals surface area (Å²) in [7, 11) is 0. The summed E-state index contributed by atoms with van der Waals surface area (Å²) in [4.78, 5) is 23.2. The lowest BCUT2D eigenvalue weighted by Gasteiger charge is -2.10. The van der Waals surface area contributed by atoms with Crippen LogP contribution in [-0.4, -0.2) is 25.2 Å². The molecule has 0 unspecified atom stereocenters. The summed E-state index contributed by atoms with van der Waals surface area (Å²) in [6.45, 7) is 7.73. The van der Waals surface area contributed by atoms with Crippen LogP contribution in [0.4, 0.5) is 0 Å². The van der Waals surface area contributed by atoms with Gasteiger partial charge in [-0.05, 0) is 26.7 Å². The second-order valence-electron chi connectivity index (χ2n) is 3.11. The molecule has 100 valence electrons. The first-order valence-corrected chi connectivity index (χ1v) is 5.68. The summed E-state index contributed by atoms with van der Waals surface area (Å²) in [6, 6.07) is 0. The van der Waals surface area contributed by atoms with Gasteiger partial charge in [0.25, 0.3) is 0 Å². The number of ether oxygens (including phenoxy) is 2. The standard InChI is InChI=1S/C12H20O4.H3N/c1-5-9(11(13)15-7-3)10(6-2)12(14)16-8-4;/h5-8H2,1-4H3;1H3/b10-9-;. The first-order valence-electron chi connectivity index (χ1n) is 5.68. The Bertz CT molecular complexity index is 256. The van der Waals surface area contributed by atoms with Gasteiger partial charge >= 0.3 is 11.9 Å². The van der Waals surface area contributed by atoms with Crippen molar-refractivity contribution in [1.29, 1.82) is 0 Å². The highest BCUT2D eigenvalue weighted by atomic mass is 16.5. The van der Waals surface area contributed by atoms with Gasteiger partial charge < -0.3 is 15.6 Å². The lowest BCUT2D eigenvalue weighted by atomic mass is 10.0. The van der Waals surface area contributed by atoms with E-state index in [1.165, 1.54) is 0 Å². The molecule has 0 aromatic rings. The summed E-state index contributed by atoms with van der Waals surface area (Å²) >= 11 is 0. The lowest BCUT2D eigenvalue weighted by Crippen LogP contribution is -2.16. The molecule has 5 nitrogen and oxygen atoms in total. The van der Waals surface area contributed by atoms with E-state index >= 15 is 0 Å². The van der Waals surface area contributed by atoms with Crippen molar-refractivity contribution in [3.63, 3.8) is 0 Å². The van der Waals surface area contributed by atoms with Gasteiger partial charge in [-0.15, -0.1) is 0 Å². The largest absolute Gasteiger partial charge is 0.463 e. The van der Waals surface area contributed by atoms with Crippen LogP contribution in [0.15, 0.2) is 11.1 Å². The minimum Gasteiger partial charge on any atom is -0.463 e. The molecule has 0 heterocycles. The molecule has 0 spiro atoms. The summed E-state index contributed by atoms with van der Waals surface area (Å²) in [5, 5.41) is 0. The topological polar surface area (TPSA) is 87.6 Å². The van der Waals surface area contributed by atoms with E-state index in [0.29, 0.717) is 37.2 Å². The highest BCUT2D eigenvalue weighted by Crippen LogP contribution is 2.16. The zero-order chi connectivity index (χ0) is 12.6. The fourth-order valence-corrected chi connectivity index (χ4v) is 1.40. The van der Waals surface area contributed by atoms with E-state index in [9.17, 15) is 9.59 Å². The number of hydrogen-bond acceptors (Lipinski definition) is 5. The van der Waals surface area contributed by atoms with Gasteiger partial charge in [0, 0.05) is 11.1 Å². The van der Waals surface area contributed by atoms with Crippen LogP contribution in [0, 0.1) is 0 Å². The molecule has 0 aliphatic carbocycles. The first kappa shape index (κ1) is 18.0. The van der Waals surface area contributed by atoms with Gasteiger partial charge in [0.2, 0.25) is 0 Å². The Labute approximate surface area is 103 Å². The minimum absolute atomic E-state index is 0. The predicted molar refractivity (Wildman–Crippen MR) is 65.9 cm³/mol. The van der Waals surface area contributed by atoms with Gasteiger partial charge in [0.1, 0.15) is 0 Å². The van der Waals surface area contributed by atoms with Crippen molar-refractivity contribution in [3.8, 4) is 0 Å². The van der Waals surface area contributed by atoms with E-state index in [1.54, 1.807) is 13.8 Å². The van der Waals surface area contributed by atoms with E-state index < -0.39 is 11.9 Å². The molecule has 0 saturated heterocycles. The molecule has 0 aromatic heterocycles. The predicted octanol–water partition coefficient (Wildman–Crippen LogP) is 2.39. The maximum atomic E-state index is 11.6. The average molecular weight is 245 g/mol. The fourth-order valence-electron chi connectivity index (χ4n) is 1.40. The summed E-state index contributed by atoms with van der Waals surface area (Å²) in [5.74, 6) is -0.843. The van der Waals surface area contributed by atoms with Crippen LogP contribution in [-0.2, 0) is 19.1 Å². The smallest absolute Gasteiger partial charge is 0.334 e. The number of rotatable bonds is 6. The number of carbonyl (C=O) groups excluding carboxylic acids is 2. The highest BCUT2D eigenvalue weighted by Gasteiger charge is 2.19. The van der Waals surface area contributed by atoms with Gasteiger partial charge in [-0.2, -0.15) is 0 Å². The minimum atomic E-state index is -0.421. The Hall–Kier alpha value is -1.36. The van der Waals surface area contributed by atoms with Crippen molar-refractivity contribution < 1.29 is 19.1 Å². The van der Waals surface area contributed by atoms with Crippen molar-refractivity contribution >= 4 is 11.9 Å². The SMILES string of the molecule is CCOC(=O)/C(CC)=C(/CC)C(=O)OCC.N. The lowest BCUT2D eigenvalue weighted by molar-refractivity contribution is -0.142. The zero-order valence-corrected chi connectivity index (χ0v) is 11.2. The maximum Gasteiger partial charge on any atom is 0.334 e. The monoisotopic (exact) mass is 245 g/mol. The van der Waals surface area contributed by atoms with Crippen molar-refractivity contribution in [3.05, 3.63) is 11.1 Å². The Kier molecular flexibility index (Phi) is 10.4. The molecule has 0 aromatic carbocycles. The van der Waals surface area contributed by atoms with E-state index in [-0.39, 0.29) is 6.15 Å². The molecule has 3 N–H and O–H groups in total. The maximum absolute atomic E-state index is 11.6. The number of hydrogen-bond donors (Lipinski definition) is 1. The Morgan fingerprint density at radius 1 is 0.765 bits per heavy atom. The number of esters is 2. The summed E-state index contributed by atoms with van der Waals surface area (Å²) in [6.07, 6.45) is 0.946. The molecule has 17 heavy (non-hydrogen) atoms. The van der Waals surface area contributed by atoms with E-state index in [4.69, 9.17) is 9.47 Å². The van der Waals surface area contributed by atoms with E-state index in [2.05, 4.69) is 0 Å². The fraction of sp³-hybridized carbons (Fsp3) is 0.667. The zero-order valence-electron chi connectivity index (χ0n) is 11.2.